The first-order chi connectivity index (χ1) is 9.47. The molecule has 0 bridgehead atoms. The highest BCUT2D eigenvalue weighted by Crippen LogP contribution is 2.17. The number of esters is 1. The first kappa shape index (κ1) is 14.3. The number of rotatable bonds is 3. The average Bonchev–Trinajstić information content (AvgIpc) is 2.95. The van der Waals surface area contributed by atoms with Gasteiger partial charge >= 0.3 is 17.4 Å². The van der Waals surface area contributed by atoms with Crippen LogP contribution in [0.2, 0.25) is 0 Å². The third kappa shape index (κ3) is 3.27. The van der Waals surface area contributed by atoms with Crippen LogP contribution in [0.4, 0.5) is 9.59 Å². The quantitative estimate of drug-likeness (QED) is 0.445. The van der Waals surface area contributed by atoms with Crippen LogP contribution in [0.3, 0.4) is 0 Å². The summed E-state index contributed by atoms with van der Waals surface area (Å²) in [7, 11) is 0. The van der Waals surface area contributed by atoms with Crippen LogP contribution in [-0.4, -0.2) is 52.9 Å². The molecule has 0 aromatic rings. The second-order valence-corrected chi connectivity index (χ2v) is 4.38. The number of hydrogen-bond acceptors (Lipinski definition) is 6. The molecule has 1 fully saturated rings. The molecule has 8 nitrogen and oxygen atoms in total. The minimum Gasteiger partial charge on any atom is -0.458 e. The van der Waals surface area contributed by atoms with Gasteiger partial charge in [0.25, 0.3) is 0 Å². The molecule has 2 rings (SSSR count). The number of hydrogen-bond donors (Lipinski definition) is 0. The number of urea groups is 1. The molecule has 0 radical (unpaired) electrons. The SMILES string of the molecule is CC(=O)OCC1=CCC(=NN2CCN(C(=O)Cl)C2=O)O1. The van der Waals surface area contributed by atoms with E-state index in [-0.39, 0.29) is 19.7 Å². The predicted molar refractivity (Wildman–Crippen MR) is 67.9 cm³/mol. The monoisotopic (exact) mass is 301 g/mol. The summed E-state index contributed by atoms with van der Waals surface area (Å²) >= 11 is 5.26. The maximum atomic E-state index is 11.7. The summed E-state index contributed by atoms with van der Waals surface area (Å²) in [6.45, 7) is 1.76. The van der Waals surface area contributed by atoms with Crippen molar-refractivity contribution in [1.82, 2.24) is 9.91 Å². The molecule has 0 aromatic carbocycles. The van der Waals surface area contributed by atoms with Gasteiger partial charge in [-0.25, -0.2) is 14.7 Å². The summed E-state index contributed by atoms with van der Waals surface area (Å²) in [5.74, 6) is 0.339. The molecule has 0 aromatic heterocycles. The molecular formula is C11H12ClN3O5. The Bertz CT molecular complexity index is 516. The third-order valence-electron chi connectivity index (χ3n) is 2.60. The largest absolute Gasteiger partial charge is 0.458 e. The van der Waals surface area contributed by atoms with Gasteiger partial charge in [0.1, 0.15) is 12.4 Å². The fourth-order valence-corrected chi connectivity index (χ4v) is 1.83. The predicted octanol–water partition coefficient (Wildman–Crippen LogP) is 1.26. The summed E-state index contributed by atoms with van der Waals surface area (Å²) in [6.07, 6.45) is 2.09. The lowest BCUT2D eigenvalue weighted by Gasteiger charge is -2.11. The number of halogens is 1. The van der Waals surface area contributed by atoms with E-state index in [0.29, 0.717) is 18.1 Å². The van der Waals surface area contributed by atoms with Gasteiger partial charge in [-0.3, -0.25) is 9.59 Å². The second-order valence-electron chi connectivity index (χ2n) is 4.06. The Balaban J connectivity index is 1.90. The minimum atomic E-state index is -0.835. The van der Waals surface area contributed by atoms with Crippen LogP contribution < -0.4 is 0 Å². The molecule has 2 aliphatic heterocycles. The highest BCUT2D eigenvalue weighted by Gasteiger charge is 2.33. The van der Waals surface area contributed by atoms with Crippen molar-refractivity contribution >= 4 is 34.9 Å². The van der Waals surface area contributed by atoms with Crippen molar-refractivity contribution in [3.63, 3.8) is 0 Å². The molecule has 0 N–H and O–H groups in total. The number of carbonyl (C=O) groups is 3. The summed E-state index contributed by atoms with van der Waals surface area (Å²) in [6, 6.07) is -0.588. The first-order valence-electron chi connectivity index (χ1n) is 5.83. The molecule has 1 saturated heterocycles. The van der Waals surface area contributed by atoms with E-state index in [9.17, 15) is 14.4 Å². The van der Waals surface area contributed by atoms with Crippen molar-refractivity contribution in [2.24, 2.45) is 5.10 Å². The van der Waals surface area contributed by atoms with Crippen LogP contribution in [0.25, 0.3) is 0 Å². The summed E-state index contributed by atoms with van der Waals surface area (Å²) in [4.78, 5) is 34.2. The Kier molecular flexibility index (Phi) is 4.23. The molecule has 9 heteroatoms. The van der Waals surface area contributed by atoms with E-state index in [2.05, 4.69) is 5.10 Å². The molecule has 0 spiro atoms. The molecule has 2 aliphatic rings. The van der Waals surface area contributed by atoms with Gasteiger partial charge < -0.3 is 9.47 Å². The van der Waals surface area contributed by atoms with E-state index in [1.807, 2.05) is 0 Å². The van der Waals surface area contributed by atoms with Crippen LogP contribution in [0.1, 0.15) is 13.3 Å². The van der Waals surface area contributed by atoms with E-state index in [1.54, 1.807) is 6.08 Å². The highest BCUT2D eigenvalue weighted by molar-refractivity contribution is 6.64. The normalized spacial score (nSPS) is 20.2. The summed E-state index contributed by atoms with van der Waals surface area (Å²) < 4.78 is 10.1. The van der Waals surface area contributed by atoms with Crippen LogP contribution in [-0.2, 0) is 14.3 Å². The lowest BCUT2D eigenvalue weighted by atomic mass is 10.4. The average molecular weight is 302 g/mol. The van der Waals surface area contributed by atoms with E-state index in [1.165, 1.54) is 6.92 Å². The van der Waals surface area contributed by atoms with Crippen molar-refractivity contribution in [1.29, 1.82) is 0 Å². The van der Waals surface area contributed by atoms with Crippen LogP contribution in [0.5, 0.6) is 0 Å². The van der Waals surface area contributed by atoms with Crippen molar-refractivity contribution < 1.29 is 23.9 Å². The van der Waals surface area contributed by atoms with E-state index < -0.39 is 17.4 Å². The van der Waals surface area contributed by atoms with Crippen LogP contribution >= 0.6 is 11.6 Å². The third-order valence-corrected chi connectivity index (χ3v) is 2.81. The molecule has 0 aliphatic carbocycles. The second kappa shape index (κ2) is 5.91. The van der Waals surface area contributed by atoms with Gasteiger partial charge in [0.15, 0.2) is 0 Å². The van der Waals surface area contributed by atoms with Gasteiger partial charge in [-0.1, -0.05) is 0 Å². The topological polar surface area (TPSA) is 88.5 Å². The Morgan fingerprint density at radius 3 is 2.85 bits per heavy atom. The van der Waals surface area contributed by atoms with Crippen molar-refractivity contribution in [3.8, 4) is 0 Å². The maximum Gasteiger partial charge on any atom is 0.348 e. The zero-order valence-corrected chi connectivity index (χ0v) is 11.4. The number of carbonyl (C=O) groups excluding carboxylic acids is 3. The molecule has 20 heavy (non-hydrogen) atoms. The number of imide groups is 1. The fraction of sp³-hybridized carbons (Fsp3) is 0.455. The zero-order chi connectivity index (χ0) is 14.7. The summed E-state index contributed by atoms with van der Waals surface area (Å²) in [5, 5.41) is 4.27. The Morgan fingerprint density at radius 2 is 2.25 bits per heavy atom. The first-order valence-corrected chi connectivity index (χ1v) is 6.21. The smallest absolute Gasteiger partial charge is 0.348 e. The fourth-order valence-electron chi connectivity index (χ4n) is 1.67. The molecule has 108 valence electrons. The lowest BCUT2D eigenvalue weighted by Crippen LogP contribution is -2.31. The number of nitrogens with zero attached hydrogens (tertiary/aromatic N) is 3. The molecule has 2 heterocycles. The van der Waals surface area contributed by atoms with Crippen molar-refractivity contribution in [3.05, 3.63) is 11.8 Å². The number of hydrazone groups is 1. The van der Waals surface area contributed by atoms with E-state index >= 15 is 0 Å². The van der Waals surface area contributed by atoms with Crippen LogP contribution in [0.15, 0.2) is 16.9 Å². The van der Waals surface area contributed by atoms with Gasteiger partial charge in [0.2, 0.25) is 5.90 Å². The summed E-state index contributed by atoms with van der Waals surface area (Å²) in [5.41, 5.74) is 0. The molecule has 0 saturated carbocycles. The van der Waals surface area contributed by atoms with Gasteiger partial charge in [-0.2, -0.15) is 0 Å². The molecule has 3 amide bonds. The molecule has 0 unspecified atom stereocenters. The van der Waals surface area contributed by atoms with Gasteiger partial charge in [-0.15, -0.1) is 5.10 Å². The lowest BCUT2D eigenvalue weighted by molar-refractivity contribution is -0.140. The highest BCUT2D eigenvalue weighted by atomic mass is 35.5. The van der Waals surface area contributed by atoms with Gasteiger partial charge in [-0.05, 0) is 17.7 Å². The van der Waals surface area contributed by atoms with Crippen LogP contribution in [0, 0.1) is 0 Å². The van der Waals surface area contributed by atoms with E-state index in [0.717, 1.165) is 9.91 Å². The Hall–Kier alpha value is -2.09. The maximum absolute atomic E-state index is 11.7. The standard InChI is InChI=1S/C11H12ClN3O5/c1-7(16)19-6-8-2-3-9(20-8)13-15-5-4-14(10(12)17)11(15)18/h2H,3-6H2,1H3. The van der Waals surface area contributed by atoms with Crippen molar-refractivity contribution in [2.45, 2.75) is 13.3 Å². The number of ether oxygens (including phenoxy) is 2. The van der Waals surface area contributed by atoms with E-state index in [4.69, 9.17) is 21.1 Å². The zero-order valence-electron chi connectivity index (χ0n) is 10.7. The van der Waals surface area contributed by atoms with Crippen molar-refractivity contribution in [2.75, 3.05) is 19.7 Å². The Morgan fingerprint density at radius 1 is 1.50 bits per heavy atom. The number of amides is 3. The molecular weight excluding hydrogens is 290 g/mol. The van der Waals surface area contributed by atoms with Gasteiger partial charge in [0, 0.05) is 13.3 Å². The Labute approximate surface area is 119 Å². The van der Waals surface area contributed by atoms with Gasteiger partial charge in [0.05, 0.1) is 13.1 Å². The molecule has 0 atom stereocenters. The minimum absolute atomic E-state index is 0.0224.